The van der Waals surface area contributed by atoms with E-state index in [0.717, 1.165) is 9.87 Å². The second kappa shape index (κ2) is 6.26. The first-order valence-corrected chi connectivity index (χ1v) is 8.51. The normalized spacial score (nSPS) is 23.7. The molecule has 0 aliphatic carbocycles. The Labute approximate surface area is 131 Å². The Hall–Kier alpha value is -1.60. The maximum atomic E-state index is 12.3. The molecule has 1 heterocycles. The molecule has 1 aliphatic heterocycles. The van der Waals surface area contributed by atoms with Gasteiger partial charge in [-0.3, -0.25) is 4.18 Å². The van der Waals surface area contributed by atoms with Gasteiger partial charge in [-0.2, -0.15) is 12.7 Å². The van der Waals surface area contributed by atoms with Crippen LogP contribution >= 0.6 is 0 Å². The molecule has 6 nitrogen and oxygen atoms in total. The van der Waals surface area contributed by atoms with Crippen LogP contribution in [-0.4, -0.2) is 31.0 Å². The van der Waals surface area contributed by atoms with Gasteiger partial charge in [-0.15, -0.1) is 0 Å². The van der Waals surface area contributed by atoms with Gasteiger partial charge in [0.15, 0.2) is 0 Å². The lowest BCUT2D eigenvalue weighted by Crippen LogP contribution is -2.49. The zero-order valence-electron chi connectivity index (χ0n) is 13.0. The van der Waals surface area contributed by atoms with E-state index in [2.05, 4.69) is 0 Å². The highest BCUT2D eigenvalue weighted by molar-refractivity contribution is 7.85. The van der Waals surface area contributed by atoms with Crippen LogP contribution in [-0.2, 0) is 25.8 Å². The van der Waals surface area contributed by atoms with Gasteiger partial charge in [-0.25, -0.2) is 4.79 Å². The molecule has 22 heavy (non-hydrogen) atoms. The van der Waals surface area contributed by atoms with E-state index in [1.807, 2.05) is 32.0 Å². The highest BCUT2D eigenvalue weighted by atomic mass is 32.2. The minimum atomic E-state index is -4.09. The van der Waals surface area contributed by atoms with Crippen LogP contribution in [0.1, 0.15) is 32.8 Å². The van der Waals surface area contributed by atoms with Crippen molar-refractivity contribution in [2.75, 3.05) is 6.61 Å². The van der Waals surface area contributed by atoms with Crippen LogP contribution in [0, 0.1) is 5.92 Å². The molecule has 0 saturated carbocycles. The van der Waals surface area contributed by atoms with Crippen molar-refractivity contribution in [3.05, 3.63) is 35.9 Å². The number of hydrogen-bond acceptors (Lipinski definition) is 5. The van der Waals surface area contributed by atoms with Crippen LogP contribution in [0.25, 0.3) is 0 Å². The van der Waals surface area contributed by atoms with E-state index in [-0.39, 0.29) is 19.1 Å². The van der Waals surface area contributed by atoms with Crippen LogP contribution < -0.4 is 0 Å². The lowest BCUT2D eigenvalue weighted by molar-refractivity contribution is 0.0888. The summed E-state index contributed by atoms with van der Waals surface area (Å²) in [5, 5.41) is 0. The van der Waals surface area contributed by atoms with Gasteiger partial charge in [-0.05, 0) is 24.8 Å². The van der Waals surface area contributed by atoms with Crippen molar-refractivity contribution in [3.8, 4) is 0 Å². The first-order valence-electron chi connectivity index (χ1n) is 7.15. The second-order valence-corrected chi connectivity index (χ2v) is 7.58. The minimum Gasteiger partial charge on any atom is -0.444 e. The molecule has 0 aromatic heterocycles. The summed E-state index contributed by atoms with van der Waals surface area (Å²) in [6.45, 7) is 5.59. The first kappa shape index (κ1) is 16.8. The van der Waals surface area contributed by atoms with E-state index >= 15 is 0 Å². The zero-order valence-corrected chi connectivity index (χ0v) is 13.8. The molecular weight excluding hydrogens is 306 g/mol. The Morgan fingerprint density at radius 3 is 2.59 bits per heavy atom. The Balaban J connectivity index is 2.14. The number of carbonyl (C=O) groups excluding carboxylic acids is 1. The molecule has 0 N–H and O–H groups in total. The maximum absolute atomic E-state index is 12.3. The van der Waals surface area contributed by atoms with Crippen LogP contribution in [0.4, 0.5) is 4.79 Å². The van der Waals surface area contributed by atoms with Gasteiger partial charge in [0.25, 0.3) is 0 Å². The summed E-state index contributed by atoms with van der Waals surface area (Å²) in [5.41, 5.74) is -0.125. The molecule has 1 aromatic carbocycles. The van der Waals surface area contributed by atoms with Crippen molar-refractivity contribution < 1.29 is 22.1 Å². The molecule has 1 aliphatic rings. The van der Waals surface area contributed by atoms with Crippen molar-refractivity contribution in [3.63, 3.8) is 0 Å². The van der Waals surface area contributed by atoms with Crippen LogP contribution in [0.15, 0.2) is 30.3 Å². The average Bonchev–Trinajstić information content (AvgIpc) is 2.66. The summed E-state index contributed by atoms with van der Waals surface area (Å²) in [6.07, 6.45) is -0.392. The fourth-order valence-electron chi connectivity index (χ4n) is 2.69. The summed E-state index contributed by atoms with van der Waals surface area (Å²) < 4.78 is 34.8. The molecule has 0 bridgehead atoms. The smallest absolute Gasteiger partial charge is 0.426 e. The number of rotatable bonds is 4. The number of benzene rings is 1. The molecule has 0 spiro atoms. The molecule has 1 aromatic rings. The molecule has 1 saturated heterocycles. The number of hydrogen-bond donors (Lipinski definition) is 0. The molecule has 1 unspecified atom stereocenters. The van der Waals surface area contributed by atoms with E-state index < -0.39 is 21.9 Å². The standard InChI is InChI=1S/C15H21NO5S/c1-12(2)9-15(3)11-21-22(18,19)16(15)14(17)20-10-13-7-5-4-6-8-13/h4-8,12H,9-11H2,1-3H3. The summed E-state index contributed by atoms with van der Waals surface area (Å²) in [4.78, 5) is 12.3. The Morgan fingerprint density at radius 2 is 2.00 bits per heavy atom. The summed E-state index contributed by atoms with van der Waals surface area (Å²) in [7, 11) is -4.09. The monoisotopic (exact) mass is 327 g/mol. The molecule has 1 atom stereocenters. The van der Waals surface area contributed by atoms with Gasteiger partial charge in [-0.1, -0.05) is 44.2 Å². The third-order valence-corrected chi connectivity index (χ3v) is 4.90. The third kappa shape index (κ3) is 3.59. The molecule has 122 valence electrons. The molecule has 7 heteroatoms. The predicted molar refractivity (Wildman–Crippen MR) is 81.2 cm³/mol. The van der Waals surface area contributed by atoms with Gasteiger partial charge < -0.3 is 4.74 Å². The van der Waals surface area contributed by atoms with Gasteiger partial charge in [0, 0.05) is 0 Å². The fraction of sp³-hybridized carbons (Fsp3) is 0.533. The Kier molecular flexibility index (Phi) is 4.77. The fourth-order valence-corrected chi connectivity index (χ4v) is 4.10. The zero-order chi connectivity index (χ0) is 16.4. The van der Waals surface area contributed by atoms with Crippen LogP contribution in [0.3, 0.4) is 0 Å². The molecule has 0 radical (unpaired) electrons. The first-order chi connectivity index (χ1) is 10.2. The largest absolute Gasteiger partial charge is 0.444 e. The summed E-state index contributed by atoms with van der Waals surface area (Å²) >= 11 is 0. The molecule has 1 fully saturated rings. The number of amides is 1. The quantitative estimate of drug-likeness (QED) is 0.850. The van der Waals surface area contributed by atoms with Crippen molar-refractivity contribution >= 4 is 16.4 Å². The van der Waals surface area contributed by atoms with Gasteiger partial charge in [0.2, 0.25) is 0 Å². The highest BCUT2D eigenvalue weighted by Gasteiger charge is 2.52. The van der Waals surface area contributed by atoms with E-state index in [4.69, 9.17) is 8.92 Å². The number of nitrogens with zero attached hydrogens (tertiary/aromatic N) is 1. The average molecular weight is 327 g/mol. The topological polar surface area (TPSA) is 72.9 Å². The van der Waals surface area contributed by atoms with Gasteiger partial charge in [0.05, 0.1) is 12.1 Å². The molecule has 1 amide bonds. The second-order valence-electron chi connectivity index (χ2n) is 6.12. The Bertz CT molecular complexity index is 629. The van der Waals surface area contributed by atoms with Crippen molar-refractivity contribution in [1.29, 1.82) is 0 Å². The maximum Gasteiger partial charge on any atom is 0.426 e. The predicted octanol–water partition coefficient (Wildman–Crippen LogP) is 2.71. The molecule has 2 rings (SSSR count). The van der Waals surface area contributed by atoms with Crippen LogP contribution in [0.5, 0.6) is 0 Å². The minimum absolute atomic E-state index is 0.0173. The number of carbonyl (C=O) groups is 1. The van der Waals surface area contributed by atoms with Crippen LogP contribution in [0.2, 0.25) is 0 Å². The molecular formula is C15H21NO5S. The lowest BCUT2D eigenvalue weighted by atomic mass is 9.92. The van der Waals surface area contributed by atoms with E-state index in [0.29, 0.717) is 6.42 Å². The van der Waals surface area contributed by atoms with E-state index in [1.165, 1.54) is 0 Å². The van der Waals surface area contributed by atoms with Crippen molar-refractivity contribution in [2.45, 2.75) is 39.3 Å². The van der Waals surface area contributed by atoms with Gasteiger partial charge >= 0.3 is 16.4 Å². The van der Waals surface area contributed by atoms with Crippen molar-refractivity contribution in [1.82, 2.24) is 4.31 Å². The SMILES string of the molecule is CC(C)CC1(C)COS(=O)(=O)N1C(=O)OCc1ccccc1. The third-order valence-electron chi connectivity index (χ3n) is 3.45. The Morgan fingerprint density at radius 1 is 1.36 bits per heavy atom. The lowest BCUT2D eigenvalue weighted by Gasteiger charge is -2.31. The summed E-state index contributed by atoms with van der Waals surface area (Å²) in [5.74, 6) is 0.214. The highest BCUT2D eigenvalue weighted by Crippen LogP contribution is 2.34. The van der Waals surface area contributed by atoms with Gasteiger partial charge in [0.1, 0.15) is 6.61 Å². The summed E-state index contributed by atoms with van der Waals surface area (Å²) in [6, 6.07) is 9.10. The van der Waals surface area contributed by atoms with E-state index in [9.17, 15) is 13.2 Å². The van der Waals surface area contributed by atoms with E-state index in [1.54, 1.807) is 19.1 Å². The number of ether oxygens (including phenoxy) is 1. The van der Waals surface area contributed by atoms with Crippen molar-refractivity contribution in [2.24, 2.45) is 5.92 Å².